The van der Waals surface area contributed by atoms with Crippen LogP contribution in [-0.2, 0) is 25.9 Å². The second kappa shape index (κ2) is 5.63. The Morgan fingerprint density at radius 3 is 2.00 bits per heavy atom. The molecule has 0 atom stereocenters. The van der Waals surface area contributed by atoms with Gasteiger partial charge in [-0.25, -0.2) is 0 Å². The van der Waals surface area contributed by atoms with E-state index in [1.807, 2.05) is 26.0 Å². The lowest BCUT2D eigenvalue weighted by Crippen LogP contribution is -1.94. The standard InChI is InChI=1S/C12H18O3P2/c1-3-14-17(13,15-4-2)16-9-11-7-5-6-8-12(11)10-16/h5-8H,3-4,9-10H2,1-2H3. The maximum Gasteiger partial charge on any atom is 0.349 e. The van der Waals surface area contributed by atoms with Gasteiger partial charge in [-0.05, 0) is 25.0 Å². The van der Waals surface area contributed by atoms with Crippen LogP contribution in [-0.4, -0.2) is 13.2 Å². The minimum absolute atomic E-state index is 0.451. The minimum atomic E-state index is -2.88. The van der Waals surface area contributed by atoms with Crippen LogP contribution in [0.4, 0.5) is 0 Å². The van der Waals surface area contributed by atoms with Gasteiger partial charge in [0, 0.05) is 19.9 Å². The zero-order valence-corrected chi connectivity index (χ0v) is 12.0. The molecule has 5 heteroatoms. The average molecular weight is 272 g/mol. The van der Waals surface area contributed by atoms with Crippen LogP contribution < -0.4 is 0 Å². The summed E-state index contributed by atoms with van der Waals surface area (Å²) in [6, 6.07) is 8.29. The molecule has 0 radical (unpaired) electrons. The van der Waals surface area contributed by atoms with Gasteiger partial charge in [0.1, 0.15) is 0 Å². The predicted octanol–water partition coefficient (Wildman–Crippen LogP) is 4.36. The van der Waals surface area contributed by atoms with Gasteiger partial charge in [0.25, 0.3) is 0 Å². The minimum Gasteiger partial charge on any atom is -0.306 e. The van der Waals surface area contributed by atoms with E-state index in [1.165, 1.54) is 11.1 Å². The third-order valence-corrected chi connectivity index (χ3v) is 9.65. The smallest absolute Gasteiger partial charge is 0.306 e. The van der Waals surface area contributed by atoms with Crippen molar-refractivity contribution in [3.8, 4) is 0 Å². The molecule has 0 aliphatic carbocycles. The fourth-order valence-corrected chi connectivity index (χ4v) is 8.56. The van der Waals surface area contributed by atoms with Crippen molar-refractivity contribution in [2.24, 2.45) is 0 Å². The van der Waals surface area contributed by atoms with Crippen LogP contribution in [0.3, 0.4) is 0 Å². The molecule has 0 fully saturated rings. The molecular formula is C12H18O3P2. The Bertz CT molecular complexity index is 399. The monoisotopic (exact) mass is 272 g/mol. The molecule has 0 amide bonds. The largest absolute Gasteiger partial charge is 0.349 e. The molecule has 0 aromatic heterocycles. The van der Waals surface area contributed by atoms with E-state index in [0.717, 1.165) is 12.3 Å². The third kappa shape index (κ3) is 2.80. The molecule has 0 unspecified atom stereocenters. The van der Waals surface area contributed by atoms with Crippen LogP contribution >= 0.6 is 14.9 Å². The average Bonchev–Trinajstić information content (AvgIpc) is 2.74. The van der Waals surface area contributed by atoms with Crippen LogP contribution in [0, 0.1) is 0 Å². The topological polar surface area (TPSA) is 35.5 Å². The maximum absolute atomic E-state index is 12.7. The first-order chi connectivity index (χ1) is 8.19. The molecule has 2 rings (SSSR count). The Labute approximate surface area is 104 Å². The van der Waals surface area contributed by atoms with Gasteiger partial charge in [-0.3, -0.25) is 4.57 Å². The summed E-state index contributed by atoms with van der Waals surface area (Å²) in [6.07, 6.45) is 1.73. The first-order valence-corrected chi connectivity index (χ1v) is 9.87. The molecule has 94 valence electrons. The molecule has 3 nitrogen and oxygen atoms in total. The van der Waals surface area contributed by atoms with E-state index in [-0.39, 0.29) is 0 Å². The number of benzene rings is 1. The molecule has 17 heavy (non-hydrogen) atoms. The Balaban J connectivity index is 2.17. The number of fused-ring (bicyclic) bond motifs is 1. The van der Waals surface area contributed by atoms with E-state index in [9.17, 15) is 4.57 Å². The second-order valence-corrected chi connectivity index (χ2v) is 10.2. The second-order valence-electron chi connectivity index (χ2n) is 3.90. The highest BCUT2D eigenvalue weighted by atomic mass is 32.1. The summed E-state index contributed by atoms with van der Waals surface area (Å²) in [4.78, 5) is 0. The normalized spacial score (nSPS) is 16.1. The van der Waals surface area contributed by atoms with Crippen LogP contribution in [0.25, 0.3) is 0 Å². The molecule has 0 saturated carbocycles. The Morgan fingerprint density at radius 2 is 1.59 bits per heavy atom. The highest BCUT2D eigenvalue weighted by Gasteiger charge is 2.39. The highest BCUT2D eigenvalue weighted by molar-refractivity contribution is 8.28. The summed E-state index contributed by atoms with van der Waals surface area (Å²) in [5.41, 5.74) is 2.61. The third-order valence-electron chi connectivity index (χ3n) is 2.76. The summed E-state index contributed by atoms with van der Waals surface area (Å²) in [5, 5.41) is 0. The van der Waals surface area contributed by atoms with E-state index in [1.54, 1.807) is 0 Å². The van der Waals surface area contributed by atoms with Gasteiger partial charge in [0.05, 0.1) is 13.2 Å². The molecule has 1 aromatic carbocycles. The predicted molar refractivity (Wildman–Crippen MR) is 71.6 cm³/mol. The van der Waals surface area contributed by atoms with Crippen molar-refractivity contribution >= 4 is 14.9 Å². The summed E-state index contributed by atoms with van der Waals surface area (Å²) >= 11 is 0. The fraction of sp³-hybridized carbons (Fsp3) is 0.500. The zero-order chi connectivity index (χ0) is 12.3. The molecule has 1 heterocycles. The van der Waals surface area contributed by atoms with Gasteiger partial charge >= 0.3 is 7.28 Å². The molecule has 0 N–H and O–H groups in total. The summed E-state index contributed by atoms with van der Waals surface area (Å²) in [7, 11) is -3.60. The van der Waals surface area contributed by atoms with E-state index < -0.39 is 14.9 Å². The Morgan fingerprint density at radius 1 is 1.12 bits per heavy atom. The molecule has 0 spiro atoms. The summed E-state index contributed by atoms with van der Waals surface area (Å²) < 4.78 is 23.6. The maximum atomic E-state index is 12.7. The molecular weight excluding hydrogens is 254 g/mol. The lowest BCUT2D eigenvalue weighted by atomic mass is 10.1. The van der Waals surface area contributed by atoms with Gasteiger partial charge < -0.3 is 9.05 Å². The highest BCUT2D eigenvalue weighted by Crippen LogP contribution is 2.81. The van der Waals surface area contributed by atoms with Crippen LogP contribution in [0.1, 0.15) is 25.0 Å². The van der Waals surface area contributed by atoms with E-state index >= 15 is 0 Å². The fourth-order valence-electron chi connectivity index (χ4n) is 2.02. The first kappa shape index (κ1) is 13.2. The lowest BCUT2D eigenvalue weighted by Gasteiger charge is -2.22. The number of rotatable bonds is 5. The van der Waals surface area contributed by atoms with Crippen LogP contribution in [0.15, 0.2) is 24.3 Å². The Kier molecular flexibility index (Phi) is 4.38. The van der Waals surface area contributed by atoms with Crippen LogP contribution in [0.5, 0.6) is 0 Å². The SMILES string of the molecule is CCOP(=O)(OCC)P1Cc2ccccc2C1. The van der Waals surface area contributed by atoms with Gasteiger partial charge in [-0.2, -0.15) is 0 Å². The van der Waals surface area contributed by atoms with Crippen molar-refractivity contribution in [1.29, 1.82) is 0 Å². The van der Waals surface area contributed by atoms with Crippen molar-refractivity contribution in [2.45, 2.75) is 26.2 Å². The van der Waals surface area contributed by atoms with Crippen molar-refractivity contribution in [2.75, 3.05) is 13.2 Å². The van der Waals surface area contributed by atoms with Crippen molar-refractivity contribution in [1.82, 2.24) is 0 Å². The zero-order valence-electron chi connectivity index (χ0n) is 10.3. The van der Waals surface area contributed by atoms with Crippen molar-refractivity contribution < 1.29 is 13.6 Å². The van der Waals surface area contributed by atoms with E-state index in [2.05, 4.69) is 12.1 Å². The quantitative estimate of drug-likeness (QED) is 0.747. The van der Waals surface area contributed by atoms with Crippen molar-refractivity contribution in [3.05, 3.63) is 35.4 Å². The molecule has 0 saturated heterocycles. The number of hydrogen-bond donors (Lipinski definition) is 0. The van der Waals surface area contributed by atoms with Gasteiger partial charge in [0.2, 0.25) is 0 Å². The summed E-state index contributed by atoms with van der Waals surface area (Å²) in [5.74, 6) is 0. The molecule has 1 aromatic rings. The van der Waals surface area contributed by atoms with Gasteiger partial charge in [-0.15, -0.1) is 0 Å². The first-order valence-electron chi connectivity index (χ1n) is 5.91. The van der Waals surface area contributed by atoms with Gasteiger partial charge in [-0.1, -0.05) is 24.3 Å². The van der Waals surface area contributed by atoms with Crippen LogP contribution in [0.2, 0.25) is 0 Å². The van der Waals surface area contributed by atoms with Gasteiger partial charge in [0.15, 0.2) is 0 Å². The molecule has 0 bridgehead atoms. The lowest BCUT2D eigenvalue weighted by molar-refractivity contribution is 0.235. The van der Waals surface area contributed by atoms with E-state index in [4.69, 9.17) is 9.05 Å². The molecule has 1 aliphatic heterocycles. The van der Waals surface area contributed by atoms with Crippen molar-refractivity contribution in [3.63, 3.8) is 0 Å². The number of hydrogen-bond acceptors (Lipinski definition) is 3. The summed E-state index contributed by atoms with van der Waals surface area (Å²) in [6.45, 7) is 4.63. The van der Waals surface area contributed by atoms with E-state index in [0.29, 0.717) is 13.2 Å². The molecule has 1 aliphatic rings. The Hall–Kier alpha value is -0.200.